The molecule has 9 heteroatoms. The molecule has 0 fully saturated rings. The standard InChI is InChI=1S/C18H16ClN5O2S/c1-11(12-6-7-15-16(8-12)26-10-25-15)21-22-17-20-18(24-23-17)27-9-13-4-2-3-5-14(13)19/h2-8H,9-10H2,1H3,(H2,20,22,23,24)/b21-11+. The van der Waals surface area contributed by atoms with Crippen LogP contribution < -0.4 is 14.9 Å². The highest BCUT2D eigenvalue weighted by molar-refractivity contribution is 7.98. The van der Waals surface area contributed by atoms with Crippen molar-refractivity contribution in [3.05, 3.63) is 58.6 Å². The average molecular weight is 402 g/mol. The molecule has 0 saturated carbocycles. The number of hydrazone groups is 1. The van der Waals surface area contributed by atoms with Gasteiger partial charge in [-0.3, -0.25) is 0 Å². The summed E-state index contributed by atoms with van der Waals surface area (Å²) in [7, 11) is 0. The van der Waals surface area contributed by atoms with Gasteiger partial charge in [-0.15, -0.1) is 5.10 Å². The monoisotopic (exact) mass is 401 g/mol. The van der Waals surface area contributed by atoms with E-state index in [2.05, 4.69) is 25.7 Å². The molecule has 1 aliphatic rings. The van der Waals surface area contributed by atoms with Crippen LogP contribution in [0.2, 0.25) is 5.02 Å². The van der Waals surface area contributed by atoms with Crippen molar-refractivity contribution in [3.63, 3.8) is 0 Å². The molecule has 0 aliphatic carbocycles. The zero-order chi connectivity index (χ0) is 18.6. The number of hydrogen-bond donors (Lipinski definition) is 2. The summed E-state index contributed by atoms with van der Waals surface area (Å²) in [5, 5.41) is 12.7. The molecule has 0 unspecified atom stereocenters. The van der Waals surface area contributed by atoms with Gasteiger partial charge in [0.15, 0.2) is 11.5 Å². The number of ether oxygens (including phenoxy) is 2. The van der Waals surface area contributed by atoms with Gasteiger partial charge in [0.1, 0.15) is 0 Å². The maximum Gasteiger partial charge on any atom is 0.240 e. The number of aromatic amines is 1. The smallest absolute Gasteiger partial charge is 0.240 e. The summed E-state index contributed by atoms with van der Waals surface area (Å²) in [5.41, 5.74) is 5.65. The molecule has 0 bridgehead atoms. The average Bonchev–Trinajstić information content (AvgIpc) is 3.34. The number of nitrogens with zero attached hydrogens (tertiary/aromatic N) is 3. The number of thioether (sulfide) groups is 1. The Labute approximate surface area is 165 Å². The van der Waals surface area contributed by atoms with Gasteiger partial charge in [0.05, 0.1) is 5.71 Å². The minimum Gasteiger partial charge on any atom is -0.454 e. The minimum absolute atomic E-state index is 0.250. The van der Waals surface area contributed by atoms with E-state index in [1.165, 1.54) is 11.8 Å². The predicted molar refractivity (Wildman–Crippen MR) is 106 cm³/mol. The summed E-state index contributed by atoms with van der Waals surface area (Å²) in [6, 6.07) is 13.4. The first kappa shape index (κ1) is 17.7. The third kappa shape index (κ3) is 4.17. The van der Waals surface area contributed by atoms with E-state index in [9.17, 15) is 0 Å². The molecule has 0 atom stereocenters. The number of halogens is 1. The van der Waals surface area contributed by atoms with Crippen molar-refractivity contribution in [1.29, 1.82) is 0 Å². The lowest BCUT2D eigenvalue weighted by Gasteiger charge is -2.03. The van der Waals surface area contributed by atoms with E-state index >= 15 is 0 Å². The third-order valence-electron chi connectivity index (χ3n) is 3.90. The number of nitrogens with one attached hydrogen (secondary N) is 2. The number of aromatic nitrogens is 3. The van der Waals surface area contributed by atoms with E-state index in [1.807, 2.05) is 49.4 Å². The van der Waals surface area contributed by atoms with E-state index < -0.39 is 0 Å². The fraction of sp³-hybridized carbons (Fsp3) is 0.167. The van der Waals surface area contributed by atoms with Crippen LogP contribution in [0, 0.1) is 0 Å². The first-order valence-electron chi connectivity index (χ1n) is 8.18. The maximum absolute atomic E-state index is 6.16. The number of hydrogen-bond acceptors (Lipinski definition) is 7. The number of H-pyrrole nitrogens is 1. The number of anilines is 1. The van der Waals surface area contributed by atoms with Crippen molar-refractivity contribution in [3.8, 4) is 11.5 Å². The molecule has 1 aliphatic heterocycles. The van der Waals surface area contributed by atoms with Crippen molar-refractivity contribution in [2.75, 3.05) is 12.2 Å². The van der Waals surface area contributed by atoms with Crippen LogP contribution in [-0.2, 0) is 5.75 Å². The summed E-state index contributed by atoms with van der Waals surface area (Å²) in [4.78, 5) is 4.37. The molecule has 0 spiro atoms. The van der Waals surface area contributed by atoms with Crippen LogP contribution in [0.15, 0.2) is 52.7 Å². The molecule has 0 radical (unpaired) electrons. The van der Waals surface area contributed by atoms with Crippen LogP contribution in [0.3, 0.4) is 0 Å². The highest BCUT2D eigenvalue weighted by Gasteiger charge is 2.14. The Morgan fingerprint density at radius 1 is 1.26 bits per heavy atom. The molecule has 2 heterocycles. The second kappa shape index (κ2) is 7.89. The number of rotatable bonds is 6. The first-order chi connectivity index (χ1) is 13.2. The summed E-state index contributed by atoms with van der Waals surface area (Å²) < 4.78 is 10.7. The van der Waals surface area contributed by atoms with Crippen molar-refractivity contribution in [2.45, 2.75) is 17.8 Å². The van der Waals surface area contributed by atoms with E-state index in [0.29, 0.717) is 16.9 Å². The fourth-order valence-electron chi connectivity index (χ4n) is 2.44. The normalized spacial score (nSPS) is 13.0. The van der Waals surface area contributed by atoms with Crippen molar-refractivity contribution >= 4 is 35.0 Å². The molecule has 2 aromatic carbocycles. The first-order valence-corrected chi connectivity index (χ1v) is 9.54. The van der Waals surface area contributed by atoms with Crippen LogP contribution in [0.25, 0.3) is 0 Å². The van der Waals surface area contributed by atoms with Gasteiger partial charge in [0.25, 0.3) is 0 Å². The largest absolute Gasteiger partial charge is 0.454 e. The molecule has 0 amide bonds. The lowest BCUT2D eigenvalue weighted by atomic mass is 10.1. The topological polar surface area (TPSA) is 84.4 Å². The van der Waals surface area contributed by atoms with Crippen LogP contribution in [-0.4, -0.2) is 27.7 Å². The molecule has 27 heavy (non-hydrogen) atoms. The predicted octanol–water partition coefficient (Wildman–Crippen LogP) is 4.32. The second-order valence-corrected chi connectivity index (χ2v) is 7.07. The Morgan fingerprint density at radius 2 is 2.11 bits per heavy atom. The van der Waals surface area contributed by atoms with Crippen molar-refractivity contribution < 1.29 is 9.47 Å². The van der Waals surface area contributed by atoms with Gasteiger partial charge >= 0.3 is 0 Å². The quantitative estimate of drug-likeness (QED) is 0.363. The molecule has 7 nitrogen and oxygen atoms in total. The van der Waals surface area contributed by atoms with Gasteiger partial charge in [-0.05, 0) is 36.8 Å². The van der Waals surface area contributed by atoms with Gasteiger partial charge in [-0.1, -0.05) is 41.6 Å². The van der Waals surface area contributed by atoms with E-state index in [4.69, 9.17) is 21.1 Å². The SMILES string of the molecule is C/C(=N\Nc1nc(SCc2ccccc2Cl)n[nH]1)c1ccc2c(c1)OCO2. The highest BCUT2D eigenvalue weighted by atomic mass is 35.5. The molecular weight excluding hydrogens is 386 g/mol. The van der Waals surface area contributed by atoms with Gasteiger partial charge in [0, 0.05) is 16.3 Å². The van der Waals surface area contributed by atoms with Gasteiger partial charge in [-0.2, -0.15) is 10.1 Å². The lowest BCUT2D eigenvalue weighted by Crippen LogP contribution is -2.00. The summed E-state index contributed by atoms with van der Waals surface area (Å²) in [6.07, 6.45) is 0. The molecule has 3 aromatic rings. The number of benzene rings is 2. The highest BCUT2D eigenvalue weighted by Crippen LogP contribution is 2.32. The van der Waals surface area contributed by atoms with Gasteiger partial charge < -0.3 is 9.47 Å². The Morgan fingerprint density at radius 3 is 3.00 bits per heavy atom. The molecule has 138 valence electrons. The molecule has 1 aromatic heterocycles. The lowest BCUT2D eigenvalue weighted by molar-refractivity contribution is 0.174. The second-order valence-electron chi connectivity index (χ2n) is 5.72. The van der Waals surface area contributed by atoms with E-state index in [1.54, 1.807) is 0 Å². The van der Waals surface area contributed by atoms with Crippen LogP contribution in [0.5, 0.6) is 11.5 Å². The van der Waals surface area contributed by atoms with E-state index in [0.717, 1.165) is 33.4 Å². The Bertz CT molecular complexity index is 991. The summed E-state index contributed by atoms with van der Waals surface area (Å²) >= 11 is 7.66. The third-order valence-corrected chi connectivity index (χ3v) is 5.16. The zero-order valence-electron chi connectivity index (χ0n) is 14.4. The van der Waals surface area contributed by atoms with Crippen molar-refractivity contribution in [1.82, 2.24) is 15.2 Å². The van der Waals surface area contributed by atoms with Crippen LogP contribution >= 0.6 is 23.4 Å². The maximum atomic E-state index is 6.16. The molecule has 0 saturated heterocycles. The molecule has 4 rings (SSSR count). The summed E-state index contributed by atoms with van der Waals surface area (Å²) in [5.74, 6) is 2.63. The Kier molecular flexibility index (Phi) is 5.17. The van der Waals surface area contributed by atoms with Gasteiger partial charge in [0.2, 0.25) is 17.9 Å². The Hall–Kier alpha value is -2.71. The fourth-order valence-corrected chi connectivity index (χ4v) is 3.53. The van der Waals surface area contributed by atoms with Gasteiger partial charge in [-0.25, -0.2) is 10.5 Å². The molecular formula is C18H16ClN5O2S. The van der Waals surface area contributed by atoms with Crippen LogP contribution in [0.1, 0.15) is 18.1 Å². The number of fused-ring (bicyclic) bond motifs is 1. The van der Waals surface area contributed by atoms with Crippen LogP contribution in [0.4, 0.5) is 5.95 Å². The molecule has 2 N–H and O–H groups in total. The Balaban J connectivity index is 1.37. The zero-order valence-corrected chi connectivity index (χ0v) is 16.0. The summed E-state index contributed by atoms with van der Waals surface area (Å²) in [6.45, 7) is 2.15. The minimum atomic E-state index is 0.250. The van der Waals surface area contributed by atoms with Crippen molar-refractivity contribution in [2.24, 2.45) is 5.10 Å². The van der Waals surface area contributed by atoms with E-state index in [-0.39, 0.29) is 6.79 Å².